The first-order chi connectivity index (χ1) is 7.75. The maximum absolute atomic E-state index is 12.4. The second-order valence-electron chi connectivity index (χ2n) is 3.63. The monoisotopic (exact) mass is 266 g/mol. The van der Waals surface area contributed by atoms with E-state index in [9.17, 15) is 21.6 Å². The third kappa shape index (κ3) is 1.72. The summed E-state index contributed by atoms with van der Waals surface area (Å²) in [6, 6.07) is 4.53. The number of nitrogen functional groups attached to an aromatic ring is 1. The topological polar surface area (TPSA) is 63.4 Å². The highest BCUT2D eigenvalue weighted by Gasteiger charge is 2.51. The molecule has 0 aromatic heterocycles. The van der Waals surface area contributed by atoms with Gasteiger partial charge in [0.25, 0.3) is 0 Å². The molecule has 0 saturated carbocycles. The van der Waals surface area contributed by atoms with Gasteiger partial charge in [-0.25, -0.2) is 0 Å². The lowest BCUT2D eigenvalue weighted by molar-refractivity contribution is -0.0437. The molecular formula is C9H9F3N2O2S. The molecule has 1 heterocycles. The van der Waals surface area contributed by atoms with Crippen molar-refractivity contribution in [2.24, 2.45) is 0 Å². The third-order valence-corrected chi connectivity index (χ3v) is 4.10. The van der Waals surface area contributed by atoms with Gasteiger partial charge in [0.2, 0.25) is 0 Å². The molecule has 2 N–H and O–H groups in total. The van der Waals surface area contributed by atoms with Crippen LogP contribution in [0.3, 0.4) is 0 Å². The number of para-hydroxylation sites is 1. The van der Waals surface area contributed by atoms with Crippen molar-refractivity contribution < 1.29 is 21.6 Å². The molecule has 0 saturated heterocycles. The van der Waals surface area contributed by atoms with Gasteiger partial charge in [-0.05, 0) is 18.1 Å². The van der Waals surface area contributed by atoms with Gasteiger partial charge in [0.15, 0.2) is 0 Å². The van der Waals surface area contributed by atoms with E-state index >= 15 is 0 Å². The SMILES string of the molecule is Nc1cccc2c1N(S(=O)(=O)C(F)(F)F)CC2. The largest absolute Gasteiger partial charge is 0.516 e. The Kier molecular flexibility index (Phi) is 2.49. The van der Waals surface area contributed by atoms with E-state index in [-0.39, 0.29) is 24.3 Å². The Morgan fingerprint density at radius 1 is 1.29 bits per heavy atom. The van der Waals surface area contributed by atoms with Gasteiger partial charge in [-0.3, -0.25) is 4.31 Å². The number of alkyl halides is 3. The lowest BCUT2D eigenvalue weighted by Gasteiger charge is -2.21. The number of nitrogens with two attached hydrogens (primary N) is 1. The van der Waals surface area contributed by atoms with Crippen LogP contribution in [0.15, 0.2) is 18.2 Å². The first kappa shape index (κ1) is 12.0. The number of benzene rings is 1. The van der Waals surface area contributed by atoms with Crippen LogP contribution >= 0.6 is 0 Å². The molecule has 1 aromatic rings. The van der Waals surface area contributed by atoms with Gasteiger partial charge in [0.1, 0.15) is 0 Å². The predicted molar refractivity (Wildman–Crippen MR) is 56.9 cm³/mol. The molecule has 0 amide bonds. The molecule has 8 heteroatoms. The summed E-state index contributed by atoms with van der Waals surface area (Å²) in [6.07, 6.45) is 0.232. The second kappa shape index (κ2) is 3.52. The van der Waals surface area contributed by atoms with Crippen LogP contribution in [-0.2, 0) is 16.4 Å². The van der Waals surface area contributed by atoms with Gasteiger partial charge in [-0.2, -0.15) is 21.6 Å². The molecule has 0 unspecified atom stereocenters. The minimum absolute atomic E-state index is 0.0350. The van der Waals surface area contributed by atoms with E-state index in [4.69, 9.17) is 5.73 Å². The summed E-state index contributed by atoms with van der Waals surface area (Å²) in [4.78, 5) is 0. The Morgan fingerprint density at radius 2 is 1.94 bits per heavy atom. The summed E-state index contributed by atoms with van der Waals surface area (Å²) in [6.45, 7) is -0.231. The van der Waals surface area contributed by atoms with E-state index < -0.39 is 15.5 Å². The summed E-state index contributed by atoms with van der Waals surface area (Å²) in [5.41, 5.74) is 0.716. The lowest BCUT2D eigenvalue weighted by atomic mass is 10.1. The van der Waals surface area contributed by atoms with E-state index in [1.165, 1.54) is 6.07 Å². The average Bonchev–Trinajstić information content (AvgIpc) is 2.61. The molecule has 0 fully saturated rings. The Hall–Kier alpha value is -1.44. The van der Waals surface area contributed by atoms with Crippen molar-refractivity contribution in [3.05, 3.63) is 23.8 Å². The number of halogens is 3. The van der Waals surface area contributed by atoms with Gasteiger partial charge in [0.05, 0.1) is 11.4 Å². The minimum atomic E-state index is -5.36. The van der Waals surface area contributed by atoms with E-state index in [0.717, 1.165) is 0 Å². The predicted octanol–water partition coefficient (Wildman–Crippen LogP) is 1.48. The van der Waals surface area contributed by atoms with Crippen LogP contribution in [0, 0.1) is 0 Å². The number of hydrogen-bond donors (Lipinski definition) is 1. The average molecular weight is 266 g/mol. The molecule has 1 aromatic carbocycles. The summed E-state index contributed by atoms with van der Waals surface area (Å²) >= 11 is 0. The number of nitrogens with zero attached hydrogens (tertiary/aromatic N) is 1. The maximum Gasteiger partial charge on any atom is 0.516 e. The smallest absolute Gasteiger partial charge is 0.397 e. The fraction of sp³-hybridized carbons (Fsp3) is 0.333. The normalized spacial score (nSPS) is 16.1. The van der Waals surface area contributed by atoms with Gasteiger partial charge in [-0.1, -0.05) is 12.1 Å². The van der Waals surface area contributed by atoms with Crippen LogP contribution in [0.4, 0.5) is 24.5 Å². The van der Waals surface area contributed by atoms with Crippen LogP contribution in [0.2, 0.25) is 0 Å². The molecule has 0 bridgehead atoms. The van der Waals surface area contributed by atoms with Gasteiger partial charge in [-0.15, -0.1) is 0 Å². The van der Waals surface area contributed by atoms with Crippen molar-refractivity contribution in [3.63, 3.8) is 0 Å². The Bertz CT molecular complexity index is 554. The zero-order valence-electron chi connectivity index (χ0n) is 8.53. The quantitative estimate of drug-likeness (QED) is 0.783. The standard InChI is InChI=1S/C9H9F3N2O2S/c10-9(11,12)17(15,16)14-5-4-6-2-1-3-7(13)8(6)14/h1-3H,4-5,13H2. The van der Waals surface area contributed by atoms with Crippen LogP contribution in [0.1, 0.15) is 5.56 Å². The fourth-order valence-corrected chi connectivity index (χ4v) is 2.86. The van der Waals surface area contributed by atoms with E-state index in [1.807, 2.05) is 0 Å². The molecule has 0 spiro atoms. The first-order valence-electron chi connectivity index (χ1n) is 4.71. The van der Waals surface area contributed by atoms with Crippen LogP contribution in [0.5, 0.6) is 0 Å². The van der Waals surface area contributed by atoms with Crippen molar-refractivity contribution in [1.29, 1.82) is 0 Å². The van der Waals surface area contributed by atoms with Crippen LogP contribution < -0.4 is 10.0 Å². The number of anilines is 2. The molecule has 4 nitrogen and oxygen atoms in total. The van der Waals surface area contributed by atoms with Gasteiger partial charge < -0.3 is 5.73 Å². The highest BCUT2D eigenvalue weighted by atomic mass is 32.2. The maximum atomic E-state index is 12.4. The number of fused-ring (bicyclic) bond motifs is 1. The Labute approximate surface area is 95.9 Å². The zero-order valence-corrected chi connectivity index (χ0v) is 9.35. The molecule has 1 aliphatic heterocycles. The summed E-state index contributed by atoms with van der Waals surface area (Å²) in [7, 11) is -5.36. The van der Waals surface area contributed by atoms with Crippen LogP contribution in [0.25, 0.3) is 0 Å². The van der Waals surface area contributed by atoms with E-state index in [1.54, 1.807) is 12.1 Å². The summed E-state index contributed by atoms with van der Waals surface area (Å²) in [5, 5.41) is 0. The van der Waals surface area contributed by atoms with Crippen molar-refractivity contribution in [1.82, 2.24) is 0 Å². The number of sulfonamides is 1. The summed E-state index contributed by atoms with van der Waals surface area (Å²) < 4.78 is 60.3. The number of rotatable bonds is 1. The van der Waals surface area contributed by atoms with Crippen molar-refractivity contribution in [2.75, 3.05) is 16.6 Å². The van der Waals surface area contributed by atoms with Crippen molar-refractivity contribution in [2.45, 2.75) is 11.9 Å². The van der Waals surface area contributed by atoms with Crippen molar-refractivity contribution >= 4 is 21.4 Å². The molecule has 1 aliphatic rings. The highest BCUT2D eigenvalue weighted by molar-refractivity contribution is 7.93. The van der Waals surface area contributed by atoms with E-state index in [0.29, 0.717) is 9.87 Å². The second-order valence-corrected chi connectivity index (χ2v) is 5.48. The van der Waals surface area contributed by atoms with Gasteiger partial charge in [0, 0.05) is 6.54 Å². The van der Waals surface area contributed by atoms with Crippen molar-refractivity contribution in [3.8, 4) is 0 Å². The molecule has 94 valence electrons. The number of hydrogen-bond acceptors (Lipinski definition) is 3. The highest BCUT2D eigenvalue weighted by Crippen LogP contribution is 2.39. The van der Waals surface area contributed by atoms with Crippen LogP contribution in [-0.4, -0.2) is 20.5 Å². The Morgan fingerprint density at radius 3 is 2.53 bits per heavy atom. The lowest BCUT2D eigenvalue weighted by Crippen LogP contribution is -2.40. The third-order valence-electron chi connectivity index (χ3n) is 2.57. The molecule has 0 aliphatic carbocycles. The molecule has 0 radical (unpaired) electrons. The van der Waals surface area contributed by atoms with Gasteiger partial charge >= 0.3 is 15.5 Å². The fourth-order valence-electron chi connectivity index (χ4n) is 1.82. The zero-order chi connectivity index (χ0) is 12.8. The summed E-state index contributed by atoms with van der Waals surface area (Å²) in [5.74, 6) is 0. The minimum Gasteiger partial charge on any atom is -0.397 e. The molecule has 2 rings (SSSR count). The first-order valence-corrected chi connectivity index (χ1v) is 6.15. The molecule has 17 heavy (non-hydrogen) atoms. The Balaban J connectivity index is 2.56. The molecule has 0 atom stereocenters. The molecular weight excluding hydrogens is 257 g/mol. The van der Waals surface area contributed by atoms with E-state index in [2.05, 4.69) is 0 Å².